The van der Waals surface area contributed by atoms with Crippen LogP contribution in [0.4, 0.5) is 23.4 Å². The van der Waals surface area contributed by atoms with Gasteiger partial charge >= 0.3 is 0 Å². The third-order valence-electron chi connectivity index (χ3n) is 3.70. The summed E-state index contributed by atoms with van der Waals surface area (Å²) < 4.78 is 0. The van der Waals surface area contributed by atoms with Crippen molar-refractivity contribution >= 4 is 23.4 Å². The molecule has 3 rings (SSSR count). The Kier molecular flexibility index (Phi) is 3.59. The maximum absolute atomic E-state index is 5.92. The highest BCUT2D eigenvalue weighted by molar-refractivity contribution is 5.66. The molecule has 0 atom stereocenters. The van der Waals surface area contributed by atoms with Gasteiger partial charge in [-0.25, -0.2) is 4.98 Å². The molecule has 0 bridgehead atoms. The van der Waals surface area contributed by atoms with Crippen molar-refractivity contribution in [1.82, 2.24) is 25.1 Å². The smallest absolute Gasteiger partial charge is 0.247 e. The quantitative estimate of drug-likeness (QED) is 0.784. The zero-order valence-electron chi connectivity index (χ0n) is 12.3. The third-order valence-corrected chi connectivity index (χ3v) is 3.70. The molecule has 1 saturated heterocycles. The predicted octanol–water partition coefficient (Wildman–Crippen LogP) is 1.47. The van der Waals surface area contributed by atoms with E-state index in [-0.39, 0.29) is 0 Å². The van der Waals surface area contributed by atoms with E-state index in [9.17, 15) is 0 Å². The van der Waals surface area contributed by atoms with Gasteiger partial charge in [0.2, 0.25) is 11.9 Å². The largest absolute Gasteiger partial charge is 0.394 e. The highest BCUT2D eigenvalue weighted by Gasteiger charge is 2.19. The Labute approximate surface area is 123 Å². The maximum Gasteiger partial charge on any atom is 0.247 e. The van der Waals surface area contributed by atoms with Gasteiger partial charge < -0.3 is 16.0 Å². The van der Waals surface area contributed by atoms with Gasteiger partial charge in [0.1, 0.15) is 5.82 Å². The molecule has 8 nitrogen and oxygen atoms in total. The highest BCUT2D eigenvalue weighted by Crippen LogP contribution is 2.24. The van der Waals surface area contributed by atoms with E-state index in [1.54, 1.807) is 6.20 Å². The molecular weight excluding hydrogens is 268 g/mol. The SMILES string of the molecule is Cc1nc(Nc2nc(N3CCC(C)CC3)ncc2N)n[nH]1. The number of aromatic nitrogens is 5. The molecule has 112 valence electrons. The van der Waals surface area contributed by atoms with Crippen LogP contribution in [0.2, 0.25) is 0 Å². The van der Waals surface area contributed by atoms with Gasteiger partial charge in [-0.15, -0.1) is 5.10 Å². The van der Waals surface area contributed by atoms with E-state index >= 15 is 0 Å². The molecule has 1 aliphatic heterocycles. The summed E-state index contributed by atoms with van der Waals surface area (Å²) in [6.07, 6.45) is 3.95. The van der Waals surface area contributed by atoms with E-state index in [2.05, 4.69) is 42.3 Å². The molecule has 2 aromatic rings. The Morgan fingerprint density at radius 2 is 2.10 bits per heavy atom. The van der Waals surface area contributed by atoms with Crippen molar-refractivity contribution in [1.29, 1.82) is 0 Å². The lowest BCUT2D eigenvalue weighted by molar-refractivity contribution is 0.434. The number of piperidine rings is 1. The van der Waals surface area contributed by atoms with Gasteiger partial charge in [-0.1, -0.05) is 6.92 Å². The zero-order valence-corrected chi connectivity index (χ0v) is 12.3. The summed E-state index contributed by atoms with van der Waals surface area (Å²) in [5.41, 5.74) is 6.40. The van der Waals surface area contributed by atoms with Crippen LogP contribution in [0, 0.1) is 12.8 Å². The Balaban J connectivity index is 1.79. The van der Waals surface area contributed by atoms with Crippen molar-refractivity contribution in [3.05, 3.63) is 12.0 Å². The summed E-state index contributed by atoms with van der Waals surface area (Å²) in [6.45, 7) is 6.07. The van der Waals surface area contributed by atoms with Crippen LogP contribution in [0.25, 0.3) is 0 Å². The third kappa shape index (κ3) is 3.04. The number of nitrogen functional groups attached to an aromatic ring is 1. The number of hydrogen-bond donors (Lipinski definition) is 3. The molecule has 0 radical (unpaired) electrons. The average Bonchev–Trinajstić information content (AvgIpc) is 2.88. The summed E-state index contributed by atoms with van der Waals surface area (Å²) in [4.78, 5) is 15.2. The van der Waals surface area contributed by atoms with Crippen LogP contribution in [0.5, 0.6) is 0 Å². The van der Waals surface area contributed by atoms with Crippen molar-refractivity contribution in [3.63, 3.8) is 0 Å². The second-order valence-corrected chi connectivity index (χ2v) is 5.51. The molecule has 0 amide bonds. The van der Waals surface area contributed by atoms with Crippen LogP contribution >= 0.6 is 0 Å². The highest BCUT2D eigenvalue weighted by atomic mass is 15.3. The van der Waals surface area contributed by atoms with Gasteiger partial charge in [0.05, 0.1) is 11.9 Å². The summed E-state index contributed by atoms with van der Waals surface area (Å²) >= 11 is 0. The summed E-state index contributed by atoms with van der Waals surface area (Å²) in [7, 11) is 0. The first-order chi connectivity index (χ1) is 10.1. The topological polar surface area (TPSA) is 109 Å². The van der Waals surface area contributed by atoms with E-state index in [4.69, 9.17) is 5.73 Å². The van der Waals surface area contributed by atoms with E-state index in [0.717, 1.165) is 37.7 Å². The minimum Gasteiger partial charge on any atom is -0.394 e. The summed E-state index contributed by atoms with van der Waals surface area (Å²) in [6, 6.07) is 0. The summed E-state index contributed by atoms with van der Waals surface area (Å²) in [5.74, 6) is 3.19. The van der Waals surface area contributed by atoms with Crippen LogP contribution < -0.4 is 16.0 Å². The fraction of sp³-hybridized carbons (Fsp3) is 0.538. The lowest BCUT2D eigenvalue weighted by Gasteiger charge is -2.30. The van der Waals surface area contributed by atoms with Crippen LogP contribution in [-0.4, -0.2) is 38.2 Å². The predicted molar refractivity (Wildman–Crippen MR) is 81.5 cm³/mol. The van der Waals surface area contributed by atoms with Crippen molar-refractivity contribution in [3.8, 4) is 0 Å². The number of rotatable bonds is 3. The van der Waals surface area contributed by atoms with Crippen molar-refractivity contribution in [2.75, 3.05) is 29.0 Å². The molecule has 0 aromatic carbocycles. The molecule has 3 heterocycles. The van der Waals surface area contributed by atoms with Crippen LogP contribution in [0.15, 0.2) is 6.20 Å². The fourth-order valence-electron chi connectivity index (χ4n) is 2.35. The van der Waals surface area contributed by atoms with Crippen LogP contribution in [0.3, 0.4) is 0 Å². The number of nitrogens with zero attached hydrogens (tertiary/aromatic N) is 5. The van der Waals surface area contributed by atoms with Crippen molar-refractivity contribution in [2.45, 2.75) is 26.7 Å². The van der Waals surface area contributed by atoms with E-state index in [1.807, 2.05) is 6.92 Å². The monoisotopic (exact) mass is 288 g/mol. The normalized spacial score (nSPS) is 16.2. The summed E-state index contributed by atoms with van der Waals surface area (Å²) in [5, 5.41) is 9.83. The van der Waals surface area contributed by atoms with E-state index in [0.29, 0.717) is 23.4 Å². The minimum absolute atomic E-state index is 0.455. The second-order valence-electron chi connectivity index (χ2n) is 5.51. The Morgan fingerprint density at radius 3 is 2.76 bits per heavy atom. The van der Waals surface area contributed by atoms with E-state index < -0.39 is 0 Å². The number of H-pyrrole nitrogens is 1. The molecule has 2 aromatic heterocycles. The number of aromatic amines is 1. The number of hydrogen-bond acceptors (Lipinski definition) is 7. The first-order valence-corrected chi connectivity index (χ1v) is 7.15. The molecular formula is C13H20N8. The molecule has 21 heavy (non-hydrogen) atoms. The Morgan fingerprint density at radius 1 is 1.33 bits per heavy atom. The number of nitrogens with two attached hydrogens (primary N) is 1. The van der Waals surface area contributed by atoms with Crippen molar-refractivity contribution in [2.24, 2.45) is 5.92 Å². The van der Waals surface area contributed by atoms with Gasteiger partial charge in [-0.2, -0.15) is 9.97 Å². The number of aryl methyl sites for hydroxylation is 1. The molecule has 0 aliphatic carbocycles. The first kappa shape index (κ1) is 13.6. The molecule has 0 unspecified atom stereocenters. The molecule has 1 aliphatic rings. The van der Waals surface area contributed by atoms with Gasteiger partial charge in [-0.3, -0.25) is 5.10 Å². The van der Waals surface area contributed by atoms with Crippen LogP contribution in [-0.2, 0) is 0 Å². The molecule has 4 N–H and O–H groups in total. The Bertz CT molecular complexity index is 614. The van der Waals surface area contributed by atoms with Gasteiger partial charge in [0, 0.05) is 13.1 Å². The standard InChI is InChI=1S/C13H20N8/c1-8-3-5-21(6-4-8)13-15-7-10(14)11(18-13)17-12-16-9(2)19-20-12/h7-8H,3-6,14H2,1-2H3,(H2,15,16,17,18,19,20). The fourth-order valence-corrected chi connectivity index (χ4v) is 2.35. The lowest BCUT2D eigenvalue weighted by Crippen LogP contribution is -2.34. The Hall–Kier alpha value is -2.38. The molecule has 1 fully saturated rings. The van der Waals surface area contributed by atoms with Gasteiger partial charge in [0.25, 0.3) is 0 Å². The first-order valence-electron chi connectivity index (χ1n) is 7.15. The second kappa shape index (κ2) is 5.55. The van der Waals surface area contributed by atoms with Crippen molar-refractivity contribution < 1.29 is 0 Å². The molecule has 0 spiro atoms. The average molecular weight is 288 g/mol. The van der Waals surface area contributed by atoms with Gasteiger partial charge in [-0.05, 0) is 25.7 Å². The number of nitrogens with one attached hydrogen (secondary N) is 2. The lowest BCUT2D eigenvalue weighted by atomic mass is 10.00. The van der Waals surface area contributed by atoms with Gasteiger partial charge in [0.15, 0.2) is 5.82 Å². The van der Waals surface area contributed by atoms with Crippen LogP contribution in [0.1, 0.15) is 25.6 Å². The molecule has 0 saturated carbocycles. The molecule has 8 heteroatoms. The minimum atomic E-state index is 0.455. The maximum atomic E-state index is 5.92. The van der Waals surface area contributed by atoms with E-state index in [1.165, 1.54) is 0 Å². The zero-order chi connectivity index (χ0) is 14.8. The number of anilines is 4.